The molecule has 1 N–H and O–H groups in total. The lowest BCUT2D eigenvalue weighted by molar-refractivity contribution is 0.463. The molecule has 2 nitrogen and oxygen atoms in total. The molecule has 0 radical (unpaired) electrons. The number of phenolic OH excluding ortho intramolecular Hbond substituents is 1. The van der Waals surface area contributed by atoms with Gasteiger partial charge in [0, 0.05) is 0 Å². The highest BCUT2D eigenvalue weighted by atomic mass is 16.6. The number of para-hydroxylation sites is 1. The van der Waals surface area contributed by atoms with E-state index in [1.54, 1.807) is 23.3 Å². The van der Waals surface area contributed by atoms with Gasteiger partial charge in [-0.05, 0) is 31.4 Å². The zero-order valence-electron chi connectivity index (χ0n) is 8.36. The van der Waals surface area contributed by atoms with Crippen molar-refractivity contribution in [1.29, 1.82) is 0 Å². The molecule has 1 fully saturated rings. The fourth-order valence-corrected chi connectivity index (χ4v) is 1.98. The first-order valence-electron chi connectivity index (χ1n) is 5.20. The maximum atomic E-state index is 8.85. The van der Waals surface area contributed by atoms with Crippen LogP contribution < -0.4 is 4.74 Å². The van der Waals surface area contributed by atoms with Crippen LogP contribution in [0.1, 0.15) is 19.3 Å². The Hall–Kier alpha value is -1.70. The molecule has 2 bridgehead atoms. The highest BCUT2D eigenvalue weighted by Crippen LogP contribution is 2.51. The molecule has 2 heteroatoms. The predicted octanol–water partition coefficient (Wildman–Crippen LogP) is 3.53. The quantitative estimate of drug-likeness (QED) is 0.660. The van der Waals surface area contributed by atoms with Gasteiger partial charge < -0.3 is 9.84 Å². The molecule has 0 atom stereocenters. The van der Waals surface area contributed by atoms with E-state index < -0.39 is 0 Å². The average molecular weight is 200 g/mol. The third-order valence-corrected chi connectivity index (χ3v) is 2.90. The topological polar surface area (TPSA) is 32.8 Å². The molecule has 1 aromatic carbocycles. The molecule has 0 unspecified atom stereocenters. The first-order valence-corrected chi connectivity index (χ1v) is 5.20. The summed E-state index contributed by atoms with van der Waals surface area (Å²) in [6.07, 6.45) is 8.54. The van der Waals surface area contributed by atoms with Crippen LogP contribution in [0.4, 0.5) is 0 Å². The third kappa shape index (κ3) is 1.63. The summed E-state index contributed by atoms with van der Waals surface area (Å²) in [5.74, 6) is 1.67. The van der Waals surface area contributed by atoms with Gasteiger partial charge in [-0.2, -0.15) is 0 Å². The van der Waals surface area contributed by atoms with Crippen molar-refractivity contribution in [2.75, 3.05) is 0 Å². The summed E-state index contributed by atoms with van der Waals surface area (Å²) in [5.41, 5.74) is 3.30. The third-order valence-electron chi connectivity index (χ3n) is 2.90. The molecule has 1 heterocycles. The molecule has 1 saturated carbocycles. The highest BCUT2D eigenvalue weighted by Gasteiger charge is 2.22. The Morgan fingerprint density at radius 2 is 1.80 bits per heavy atom. The van der Waals surface area contributed by atoms with E-state index in [0.717, 1.165) is 5.75 Å². The maximum Gasteiger partial charge on any atom is 0.211 e. The van der Waals surface area contributed by atoms with E-state index in [2.05, 4.69) is 12.2 Å². The van der Waals surface area contributed by atoms with Crippen molar-refractivity contribution in [3.63, 3.8) is 0 Å². The molecular formula is C13H12O2. The second-order valence-corrected chi connectivity index (χ2v) is 4.03. The van der Waals surface area contributed by atoms with E-state index in [0.29, 0.717) is 5.75 Å². The normalized spacial score (nSPS) is 18.1. The number of allylic oxidation sites excluding steroid dienone is 4. The van der Waals surface area contributed by atoms with Crippen molar-refractivity contribution in [3.05, 3.63) is 41.5 Å². The average Bonchev–Trinajstić information content (AvgIpc) is 2.75. The lowest BCUT2D eigenvalue weighted by Gasteiger charge is -1.87. The minimum atomic E-state index is 0.238. The maximum absolute atomic E-state index is 8.85. The zero-order chi connectivity index (χ0) is 10.3. The molecule has 15 heavy (non-hydrogen) atoms. The van der Waals surface area contributed by atoms with Crippen LogP contribution in [-0.2, 0) is 0 Å². The van der Waals surface area contributed by atoms with E-state index in [1.807, 2.05) is 6.07 Å². The van der Waals surface area contributed by atoms with Crippen LogP contribution in [0.3, 0.4) is 0 Å². The molecule has 0 saturated heterocycles. The molecule has 1 aliphatic heterocycles. The number of fused-ring (bicyclic) bond motifs is 3. The standard InChI is InChI=1S/C7H8.C6H4O2/c1-2-7-4-3-6(1)5-7;7-4-2-1-3-5-6(4)8-5/h1-2H,3-5H2;1-3,7H. The Kier molecular flexibility index (Phi) is 1.81. The summed E-state index contributed by atoms with van der Waals surface area (Å²) in [6.45, 7) is 0. The van der Waals surface area contributed by atoms with Gasteiger partial charge in [-0.25, -0.2) is 0 Å². The molecule has 2 aliphatic carbocycles. The van der Waals surface area contributed by atoms with Gasteiger partial charge in [0.2, 0.25) is 5.75 Å². The molecule has 0 spiro atoms. The van der Waals surface area contributed by atoms with Crippen molar-refractivity contribution in [1.82, 2.24) is 0 Å². The van der Waals surface area contributed by atoms with Gasteiger partial charge in [-0.1, -0.05) is 29.4 Å². The molecule has 0 amide bonds. The van der Waals surface area contributed by atoms with Gasteiger partial charge in [-0.3, -0.25) is 0 Å². The zero-order valence-corrected chi connectivity index (χ0v) is 8.36. The van der Waals surface area contributed by atoms with Gasteiger partial charge >= 0.3 is 0 Å². The fourth-order valence-electron chi connectivity index (χ4n) is 1.98. The van der Waals surface area contributed by atoms with Gasteiger partial charge in [0.1, 0.15) is 0 Å². The smallest absolute Gasteiger partial charge is 0.211 e. The van der Waals surface area contributed by atoms with Crippen LogP contribution >= 0.6 is 0 Å². The number of aromatic hydroxyl groups is 1. The number of rotatable bonds is 0. The van der Waals surface area contributed by atoms with E-state index in [9.17, 15) is 0 Å². The Morgan fingerprint density at radius 3 is 2.20 bits per heavy atom. The van der Waals surface area contributed by atoms with Crippen LogP contribution in [0.25, 0.3) is 0 Å². The number of benzene rings is 1. The predicted molar refractivity (Wildman–Crippen MR) is 58.2 cm³/mol. The number of hydrogen-bond acceptors (Lipinski definition) is 2. The number of hydrogen-bond donors (Lipinski definition) is 1. The molecule has 3 aliphatic rings. The van der Waals surface area contributed by atoms with Crippen molar-refractivity contribution in [2.45, 2.75) is 19.3 Å². The first-order chi connectivity index (χ1) is 7.33. The Labute approximate surface area is 88.5 Å². The van der Waals surface area contributed by atoms with Crippen molar-refractivity contribution < 1.29 is 9.84 Å². The summed E-state index contributed by atoms with van der Waals surface area (Å²) in [5, 5.41) is 8.85. The van der Waals surface area contributed by atoms with Gasteiger partial charge in [0.15, 0.2) is 11.5 Å². The van der Waals surface area contributed by atoms with E-state index in [4.69, 9.17) is 9.84 Å². The van der Waals surface area contributed by atoms with E-state index >= 15 is 0 Å². The summed E-state index contributed by atoms with van der Waals surface area (Å²) in [7, 11) is 0. The molecule has 4 rings (SSSR count). The Morgan fingerprint density at radius 1 is 1.07 bits per heavy atom. The minimum absolute atomic E-state index is 0.238. The Bertz CT molecular complexity index is 451. The fraction of sp³-hybridized carbons (Fsp3) is 0.231. The second-order valence-electron chi connectivity index (χ2n) is 4.03. The van der Waals surface area contributed by atoms with E-state index in [1.165, 1.54) is 19.3 Å². The summed E-state index contributed by atoms with van der Waals surface area (Å²) >= 11 is 0. The first kappa shape index (κ1) is 8.60. The van der Waals surface area contributed by atoms with Crippen LogP contribution in [0.5, 0.6) is 17.2 Å². The molecule has 0 aromatic heterocycles. The monoisotopic (exact) mass is 200 g/mol. The molecule has 76 valence electrons. The lowest BCUT2D eigenvalue weighted by Crippen LogP contribution is -1.67. The van der Waals surface area contributed by atoms with Crippen molar-refractivity contribution in [2.24, 2.45) is 0 Å². The van der Waals surface area contributed by atoms with Crippen LogP contribution in [0, 0.1) is 0 Å². The summed E-state index contributed by atoms with van der Waals surface area (Å²) in [4.78, 5) is 0. The van der Waals surface area contributed by atoms with Crippen molar-refractivity contribution >= 4 is 0 Å². The SMILES string of the molecule is C1=C2CCC(=C1)C2.Oc1cccc2c1O2. The summed E-state index contributed by atoms with van der Waals surface area (Å²) in [6, 6.07) is 5.17. The summed E-state index contributed by atoms with van der Waals surface area (Å²) < 4.78 is 4.82. The van der Waals surface area contributed by atoms with Crippen LogP contribution in [0.15, 0.2) is 41.5 Å². The van der Waals surface area contributed by atoms with Gasteiger partial charge in [0.25, 0.3) is 0 Å². The lowest BCUT2D eigenvalue weighted by atomic mass is 10.2. The van der Waals surface area contributed by atoms with Gasteiger partial charge in [0.05, 0.1) is 0 Å². The van der Waals surface area contributed by atoms with Crippen LogP contribution in [-0.4, -0.2) is 5.11 Å². The van der Waals surface area contributed by atoms with Crippen LogP contribution in [0.2, 0.25) is 0 Å². The van der Waals surface area contributed by atoms with E-state index in [-0.39, 0.29) is 5.75 Å². The second kappa shape index (κ2) is 3.16. The largest absolute Gasteiger partial charge is 0.504 e. The molecular weight excluding hydrogens is 188 g/mol. The Balaban J connectivity index is 0.0000000971. The van der Waals surface area contributed by atoms with Gasteiger partial charge in [-0.15, -0.1) is 0 Å². The van der Waals surface area contributed by atoms with Crippen molar-refractivity contribution in [3.8, 4) is 17.2 Å². The molecule has 1 aromatic rings. The number of phenols is 1. The highest BCUT2D eigenvalue weighted by molar-refractivity contribution is 5.62. The number of ether oxygens (including phenoxy) is 1. The minimum Gasteiger partial charge on any atom is -0.504 e.